The third-order valence-electron chi connectivity index (χ3n) is 17.8. The number of rotatable bonds is 8. The highest BCUT2D eigenvalue weighted by Crippen LogP contribution is 2.78. The lowest BCUT2D eigenvalue weighted by atomic mass is 9.32. The Labute approximate surface area is 354 Å². The maximum atomic E-state index is 14.4. The molecule has 0 bridgehead atoms. The lowest BCUT2D eigenvalue weighted by Crippen LogP contribution is -3.00. The standard InChI is InChI=1S/C51H66O4P.BrH/c1-35(34-56(37-18-12-9-13-19-37,38-20-14-10-15-21-38)39-22-16-11-17-23-39)40-26-31-51(46(53)54-8)33-32-49(6)41(45(40)51)24-25-43-48(5)29-28-44(55-36(2)52)47(3,4)42(48)27-30-50(43,49)7;/h9-23,40-45H,1,24-34H2,2-8H3;1H/q+1;/p-1/t40-,41+,42-,43+,44-,45+,48-,49+,50+,51-;/m0./s1. The fourth-order valence-electron chi connectivity index (χ4n) is 15.2. The zero-order valence-electron chi connectivity index (χ0n) is 35.6. The van der Waals surface area contributed by atoms with Crippen LogP contribution in [0, 0.1) is 56.7 Å². The SMILES string of the molecule is C=C(C[P+](c1ccccc1)(c1ccccc1)c1ccccc1)[C@@H]1CC[C@]2(C(=O)OC)CC[C@]3(C)[C@H](CC[C@@H]4[C@@]5(C)CC[C@H](OC(C)=O)C(C)(C)[C@@H]5CC[C@]43C)[C@@H]12.[Br-]. The summed E-state index contributed by atoms with van der Waals surface area (Å²) in [5.41, 5.74) is 1.22. The summed E-state index contributed by atoms with van der Waals surface area (Å²) in [5, 5.41) is 4.15. The van der Waals surface area contributed by atoms with E-state index in [4.69, 9.17) is 16.1 Å². The number of esters is 2. The molecular weight excluding hydrogens is 787 g/mol. The molecule has 0 aromatic heterocycles. The highest BCUT2D eigenvalue weighted by Gasteiger charge is 2.72. The Bertz CT molecular complexity index is 1850. The second-order valence-electron chi connectivity index (χ2n) is 20.1. The summed E-state index contributed by atoms with van der Waals surface area (Å²) in [6.07, 6.45) is 11.5. The number of hydrogen-bond donors (Lipinski definition) is 0. The number of allylic oxidation sites excluding steroid dienone is 1. The Morgan fingerprint density at radius 3 is 1.77 bits per heavy atom. The Hall–Kier alpha value is -2.75. The number of carbonyl (C=O) groups is 2. The van der Waals surface area contributed by atoms with Gasteiger partial charge in [-0.2, -0.15) is 0 Å². The minimum absolute atomic E-state index is 0. The minimum Gasteiger partial charge on any atom is -1.00 e. The molecule has 5 aliphatic carbocycles. The molecule has 5 aliphatic rings. The molecule has 10 atom stereocenters. The van der Waals surface area contributed by atoms with E-state index in [0.29, 0.717) is 17.8 Å². The average Bonchev–Trinajstić information content (AvgIpc) is 3.60. The summed E-state index contributed by atoms with van der Waals surface area (Å²) in [5.74, 6) is 1.85. The predicted molar refractivity (Wildman–Crippen MR) is 231 cm³/mol. The molecule has 0 unspecified atom stereocenters. The molecule has 5 saturated carbocycles. The van der Waals surface area contributed by atoms with Gasteiger partial charge in [-0.1, -0.05) is 95.8 Å². The van der Waals surface area contributed by atoms with E-state index in [1.165, 1.54) is 34.3 Å². The molecule has 5 fully saturated rings. The van der Waals surface area contributed by atoms with Crippen molar-refractivity contribution < 1.29 is 36.0 Å². The molecule has 0 heterocycles. The zero-order chi connectivity index (χ0) is 39.7. The van der Waals surface area contributed by atoms with Gasteiger partial charge in [-0.05, 0) is 152 Å². The summed E-state index contributed by atoms with van der Waals surface area (Å²) in [6, 6.07) is 33.6. The number of methoxy groups -OCH3 is 1. The molecule has 3 aromatic rings. The molecule has 3 aromatic carbocycles. The summed E-state index contributed by atoms with van der Waals surface area (Å²) in [4.78, 5) is 26.6. The molecule has 0 N–H and O–H groups in total. The quantitative estimate of drug-likeness (QED) is 0.132. The van der Waals surface area contributed by atoms with Gasteiger partial charge in [0.25, 0.3) is 0 Å². The van der Waals surface area contributed by atoms with Crippen LogP contribution in [0.4, 0.5) is 0 Å². The summed E-state index contributed by atoms with van der Waals surface area (Å²) in [7, 11) is -0.531. The molecule has 0 spiro atoms. The largest absolute Gasteiger partial charge is 1.00 e. The van der Waals surface area contributed by atoms with E-state index in [1.54, 1.807) is 14.0 Å². The second kappa shape index (κ2) is 15.4. The van der Waals surface area contributed by atoms with Crippen LogP contribution in [0.15, 0.2) is 103 Å². The monoisotopic (exact) mass is 852 g/mol. The lowest BCUT2D eigenvalue weighted by Gasteiger charge is -2.72. The van der Waals surface area contributed by atoms with Crippen LogP contribution in [0.25, 0.3) is 0 Å². The van der Waals surface area contributed by atoms with Crippen molar-refractivity contribution in [3.63, 3.8) is 0 Å². The second-order valence-corrected chi connectivity index (χ2v) is 23.6. The first-order chi connectivity index (χ1) is 26.7. The van der Waals surface area contributed by atoms with Gasteiger partial charge in [-0.25, -0.2) is 0 Å². The molecule has 0 amide bonds. The van der Waals surface area contributed by atoms with Crippen LogP contribution in [0.5, 0.6) is 0 Å². The third kappa shape index (κ3) is 6.28. The number of benzene rings is 3. The van der Waals surface area contributed by atoms with Crippen LogP contribution < -0.4 is 32.9 Å². The number of hydrogen-bond acceptors (Lipinski definition) is 4. The van der Waals surface area contributed by atoms with Gasteiger partial charge >= 0.3 is 11.9 Å². The average molecular weight is 854 g/mol. The van der Waals surface area contributed by atoms with Crippen molar-refractivity contribution in [1.82, 2.24) is 0 Å². The summed E-state index contributed by atoms with van der Waals surface area (Å²) in [6.45, 7) is 19.4. The third-order valence-corrected chi connectivity index (χ3v) is 22.2. The van der Waals surface area contributed by atoms with Gasteiger partial charge in [-0.3, -0.25) is 9.59 Å². The van der Waals surface area contributed by atoms with E-state index < -0.39 is 12.7 Å². The molecule has 306 valence electrons. The van der Waals surface area contributed by atoms with Crippen LogP contribution in [-0.2, 0) is 19.1 Å². The molecule has 0 saturated heterocycles. The smallest absolute Gasteiger partial charge is 0.312 e. The van der Waals surface area contributed by atoms with Gasteiger partial charge < -0.3 is 26.5 Å². The van der Waals surface area contributed by atoms with Gasteiger partial charge in [0.2, 0.25) is 0 Å². The van der Waals surface area contributed by atoms with Crippen LogP contribution >= 0.6 is 7.26 Å². The van der Waals surface area contributed by atoms with Crippen molar-refractivity contribution in [3.8, 4) is 0 Å². The van der Waals surface area contributed by atoms with Gasteiger partial charge in [0.05, 0.1) is 18.7 Å². The predicted octanol–water partition coefficient (Wildman–Crippen LogP) is 7.73. The zero-order valence-corrected chi connectivity index (χ0v) is 38.0. The van der Waals surface area contributed by atoms with Crippen LogP contribution in [0.1, 0.15) is 106 Å². The fraction of sp³-hybridized carbons (Fsp3) is 0.569. The number of fused-ring (bicyclic) bond motifs is 7. The van der Waals surface area contributed by atoms with Crippen LogP contribution in [-0.4, -0.2) is 31.3 Å². The van der Waals surface area contributed by atoms with Gasteiger partial charge in [0.15, 0.2) is 0 Å². The van der Waals surface area contributed by atoms with Crippen LogP contribution in [0.3, 0.4) is 0 Å². The minimum atomic E-state index is -2.15. The van der Waals surface area contributed by atoms with Crippen molar-refractivity contribution >= 4 is 35.1 Å². The summed E-state index contributed by atoms with van der Waals surface area (Å²) >= 11 is 0. The Morgan fingerprint density at radius 2 is 1.25 bits per heavy atom. The molecule has 6 heteroatoms. The Balaban J connectivity index is 0.00000496. The van der Waals surface area contributed by atoms with Gasteiger partial charge in [0, 0.05) is 12.3 Å². The maximum Gasteiger partial charge on any atom is 0.312 e. The van der Waals surface area contributed by atoms with E-state index in [1.807, 2.05) is 0 Å². The van der Waals surface area contributed by atoms with Gasteiger partial charge in [-0.15, -0.1) is 0 Å². The number of ether oxygens (including phenoxy) is 2. The highest BCUT2D eigenvalue weighted by atomic mass is 79.9. The molecule has 57 heavy (non-hydrogen) atoms. The van der Waals surface area contributed by atoms with E-state index in [2.05, 4.69) is 126 Å². The van der Waals surface area contributed by atoms with Crippen molar-refractivity contribution in [2.45, 2.75) is 112 Å². The summed E-state index contributed by atoms with van der Waals surface area (Å²) < 4.78 is 11.8. The first kappa shape index (κ1) is 42.4. The molecular formula is C51H66BrO4P. The van der Waals surface area contributed by atoms with Crippen molar-refractivity contribution in [2.24, 2.45) is 56.7 Å². The number of halogens is 1. The van der Waals surface area contributed by atoms with E-state index in [0.717, 1.165) is 57.5 Å². The van der Waals surface area contributed by atoms with E-state index in [-0.39, 0.29) is 68.5 Å². The maximum absolute atomic E-state index is 14.4. The van der Waals surface area contributed by atoms with Crippen molar-refractivity contribution in [1.29, 1.82) is 0 Å². The normalized spacial score (nSPS) is 36.5. The Kier molecular flexibility index (Phi) is 11.4. The van der Waals surface area contributed by atoms with Crippen LogP contribution in [0.2, 0.25) is 0 Å². The lowest BCUT2D eigenvalue weighted by molar-refractivity contribution is -0.250. The number of carbonyl (C=O) groups excluding carboxylic acids is 2. The first-order valence-corrected chi connectivity index (χ1v) is 23.6. The van der Waals surface area contributed by atoms with E-state index >= 15 is 0 Å². The molecule has 0 radical (unpaired) electrons. The molecule has 8 rings (SSSR count). The van der Waals surface area contributed by atoms with Gasteiger partial charge in [0.1, 0.15) is 29.3 Å². The van der Waals surface area contributed by atoms with E-state index in [9.17, 15) is 9.59 Å². The highest BCUT2D eigenvalue weighted by molar-refractivity contribution is 7.95. The van der Waals surface area contributed by atoms with Crippen molar-refractivity contribution in [3.05, 3.63) is 103 Å². The molecule has 4 nitrogen and oxygen atoms in total. The van der Waals surface area contributed by atoms with Crippen molar-refractivity contribution in [2.75, 3.05) is 13.3 Å². The Morgan fingerprint density at radius 1 is 0.684 bits per heavy atom. The fourth-order valence-corrected chi connectivity index (χ4v) is 19.5. The molecule has 0 aliphatic heterocycles. The first-order valence-electron chi connectivity index (χ1n) is 21.7. The topological polar surface area (TPSA) is 52.6 Å².